The fourth-order valence-corrected chi connectivity index (χ4v) is 4.34. The summed E-state index contributed by atoms with van der Waals surface area (Å²) in [5.41, 5.74) is 2.19. The number of amides is 2. The van der Waals surface area contributed by atoms with Crippen LogP contribution in [0.3, 0.4) is 0 Å². The maximum absolute atomic E-state index is 14.3. The molecular formula is C25H24FN5O2. The Morgan fingerprint density at radius 1 is 1.27 bits per heavy atom. The Bertz CT molecular complexity index is 1260. The number of halogens is 1. The van der Waals surface area contributed by atoms with Crippen LogP contribution >= 0.6 is 0 Å². The second kappa shape index (κ2) is 8.87. The molecule has 0 radical (unpaired) electrons. The van der Waals surface area contributed by atoms with E-state index in [0.29, 0.717) is 34.5 Å². The Balaban J connectivity index is 1.86. The van der Waals surface area contributed by atoms with E-state index in [2.05, 4.69) is 16.5 Å². The third kappa shape index (κ3) is 4.35. The summed E-state index contributed by atoms with van der Waals surface area (Å²) in [6.07, 6.45) is 3.40. The van der Waals surface area contributed by atoms with Crippen LogP contribution in [0.5, 0.6) is 0 Å². The molecule has 8 heteroatoms. The van der Waals surface area contributed by atoms with Crippen LogP contribution in [0.4, 0.5) is 10.1 Å². The standard InChI is InChI=1S/C25H24FN5O2/c1-15(2)13-31-23(17-12-28-30(3)14-17)22(21-10-18(26)7-8-20(21)25(31)33)24(32)29-19-6-4-5-16(9-19)11-27/h4-10,12,14-15,22-23H,13H2,1-3H3,(H,29,32)/t22-,23+/m0/s1. The molecule has 33 heavy (non-hydrogen) atoms. The van der Waals surface area contributed by atoms with E-state index in [-0.39, 0.29) is 11.8 Å². The van der Waals surface area contributed by atoms with Gasteiger partial charge >= 0.3 is 0 Å². The first kappa shape index (κ1) is 22.2. The zero-order chi connectivity index (χ0) is 23.7. The summed E-state index contributed by atoms with van der Waals surface area (Å²) in [4.78, 5) is 28.8. The van der Waals surface area contributed by atoms with Crippen LogP contribution in [0.15, 0.2) is 54.9 Å². The second-order valence-electron chi connectivity index (χ2n) is 8.63. The summed E-state index contributed by atoms with van der Waals surface area (Å²) < 4.78 is 15.9. The van der Waals surface area contributed by atoms with Crippen LogP contribution in [0.1, 0.15) is 52.9 Å². The summed E-state index contributed by atoms with van der Waals surface area (Å²) in [5.74, 6) is -1.89. The SMILES string of the molecule is CC(C)CN1C(=O)c2ccc(F)cc2[C@H](C(=O)Nc2cccc(C#N)c2)[C@H]1c1cnn(C)c1. The van der Waals surface area contributed by atoms with Gasteiger partial charge in [0.05, 0.1) is 29.8 Å². The lowest BCUT2D eigenvalue weighted by Crippen LogP contribution is -2.47. The highest BCUT2D eigenvalue weighted by Crippen LogP contribution is 2.43. The van der Waals surface area contributed by atoms with Crippen LogP contribution in [0.2, 0.25) is 0 Å². The zero-order valence-electron chi connectivity index (χ0n) is 18.6. The van der Waals surface area contributed by atoms with Crippen LogP contribution in [0, 0.1) is 23.1 Å². The smallest absolute Gasteiger partial charge is 0.254 e. The normalized spacial score (nSPS) is 17.6. The van der Waals surface area contributed by atoms with Crippen molar-refractivity contribution >= 4 is 17.5 Å². The minimum atomic E-state index is -0.873. The number of rotatable bonds is 5. The highest BCUT2D eigenvalue weighted by molar-refractivity contribution is 6.04. The van der Waals surface area contributed by atoms with E-state index in [4.69, 9.17) is 0 Å². The maximum Gasteiger partial charge on any atom is 0.254 e. The quantitative estimate of drug-likeness (QED) is 0.643. The molecule has 2 aromatic carbocycles. The average Bonchev–Trinajstić information content (AvgIpc) is 3.20. The van der Waals surface area contributed by atoms with Gasteiger partial charge in [-0.2, -0.15) is 10.4 Å². The lowest BCUT2D eigenvalue weighted by atomic mass is 9.79. The van der Waals surface area contributed by atoms with E-state index < -0.39 is 23.7 Å². The first-order valence-corrected chi connectivity index (χ1v) is 10.7. The molecular weight excluding hydrogens is 421 g/mol. The van der Waals surface area contributed by atoms with Crippen molar-refractivity contribution < 1.29 is 14.0 Å². The minimum absolute atomic E-state index is 0.145. The number of nitrogens with zero attached hydrogens (tertiary/aromatic N) is 4. The number of fused-ring (bicyclic) bond motifs is 1. The monoisotopic (exact) mass is 445 g/mol. The zero-order valence-corrected chi connectivity index (χ0v) is 18.6. The van der Waals surface area contributed by atoms with Gasteiger partial charge in [0, 0.05) is 36.6 Å². The molecule has 0 saturated heterocycles. The van der Waals surface area contributed by atoms with E-state index in [1.54, 1.807) is 53.3 Å². The topological polar surface area (TPSA) is 91.0 Å². The van der Waals surface area contributed by atoms with Gasteiger partial charge in [0.1, 0.15) is 5.82 Å². The molecule has 168 valence electrons. The van der Waals surface area contributed by atoms with Crippen molar-refractivity contribution in [3.8, 4) is 6.07 Å². The van der Waals surface area contributed by atoms with Crippen LogP contribution < -0.4 is 5.32 Å². The van der Waals surface area contributed by atoms with Crippen LogP contribution in [0.25, 0.3) is 0 Å². The molecule has 1 aromatic heterocycles. The van der Waals surface area contributed by atoms with E-state index in [9.17, 15) is 19.2 Å². The summed E-state index contributed by atoms with van der Waals surface area (Å²) in [6, 6.07) is 11.9. The molecule has 4 rings (SSSR count). The van der Waals surface area contributed by atoms with E-state index in [1.807, 2.05) is 13.8 Å². The number of hydrogen-bond donors (Lipinski definition) is 1. The van der Waals surface area contributed by atoms with E-state index in [1.165, 1.54) is 18.2 Å². The number of nitriles is 1. The Morgan fingerprint density at radius 2 is 2.06 bits per heavy atom. The van der Waals surface area contributed by atoms with Crippen molar-refractivity contribution in [2.24, 2.45) is 13.0 Å². The van der Waals surface area contributed by atoms with Crippen molar-refractivity contribution in [3.05, 3.63) is 82.9 Å². The third-order valence-corrected chi connectivity index (χ3v) is 5.66. The number of anilines is 1. The molecule has 0 aliphatic carbocycles. The summed E-state index contributed by atoms with van der Waals surface area (Å²) in [6.45, 7) is 4.41. The molecule has 2 atom stereocenters. The van der Waals surface area contributed by atoms with Crippen molar-refractivity contribution in [2.45, 2.75) is 25.8 Å². The number of carbonyl (C=O) groups excluding carboxylic acids is 2. The lowest BCUT2D eigenvalue weighted by Gasteiger charge is -2.42. The molecule has 3 aromatic rings. The van der Waals surface area contributed by atoms with Crippen molar-refractivity contribution in [1.29, 1.82) is 5.26 Å². The molecule has 0 fully saturated rings. The Labute approximate surface area is 191 Å². The summed E-state index contributed by atoms with van der Waals surface area (Å²) in [7, 11) is 1.76. The van der Waals surface area contributed by atoms with Crippen LogP contribution in [-0.2, 0) is 11.8 Å². The summed E-state index contributed by atoms with van der Waals surface area (Å²) >= 11 is 0. The van der Waals surface area contributed by atoms with Gasteiger partial charge in [-0.3, -0.25) is 14.3 Å². The molecule has 1 N–H and O–H groups in total. The number of carbonyl (C=O) groups is 2. The average molecular weight is 445 g/mol. The Kier molecular flexibility index (Phi) is 5.97. The van der Waals surface area contributed by atoms with Gasteiger partial charge < -0.3 is 10.2 Å². The number of hydrogen-bond acceptors (Lipinski definition) is 4. The number of nitrogens with one attached hydrogen (secondary N) is 1. The third-order valence-electron chi connectivity index (χ3n) is 5.66. The van der Waals surface area contributed by atoms with E-state index in [0.717, 1.165) is 0 Å². The molecule has 0 saturated carbocycles. The Hall–Kier alpha value is -3.99. The molecule has 0 spiro atoms. The van der Waals surface area contributed by atoms with Crippen LogP contribution in [-0.4, -0.2) is 33.0 Å². The maximum atomic E-state index is 14.3. The molecule has 2 amide bonds. The van der Waals surface area contributed by atoms with Gasteiger partial charge in [-0.25, -0.2) is 4.39 Å². The molecule has 7 nitrogen and oxygen atoms in total. The minimum Gasteiger partial charge on any atom is -0.330 e. The van der Waals surface area contributed by atoms with E-state index >= 15 is 0 Å². The van der Waals surface area contributed by atoms with Gasteiger partial charge in [0.25, 0.3) is 5.91 Å². The lowest BCUT2D eigenvalue weighted by molar-refractivity contribution is -0.119. The van der Waals surface area contributed by atoms with Gasteiger partial charge in [-0.05, 0) is 47.9 Å². The first-order valence-electron chi connectivity index (χ1n) is 10.7. The largest absolute Gasteiger partial charge is 0.330 e. The summed E-state index contributed by atoms with van der Waals surface area (Å²) in [5, 5.41) is 16.3. The highest BCUT2D eigenvalue weighted by Gasteiger charge is 2.45. The fourth-order valence-electron chi connectivity index (χ4n) is 4.34. The Morgan fingerprint density at radius 3 is 2.73 bits per heavy atom. The predicted octanol–water partition coefficient (Wildman–Crippen LogP) is 4.01. The van der Waals surface area contributed by atoms with Gasteiger partial charge in [0.2, 0.25) is 5.91 Å². The second-order valence-corrected chi connectivity index (χ2v) is 8.63. The van der Waals surface area contributed by atoms with Crippen molar-refractivity contribution in [1.82, 2.24) is 14.7 Å². The molecule has 0 bridgehead atoms. The number of aromatic nitrogens is 2. The van der Waals surface area contributed by atoms with Gasteiger partial charge in [-0.15, -0.1) is 0 Å². The predicted molar refractivity (Wildman–Crippen MR) is 121 cm³/mol. The molecule has 2 heterocycles. The molecule has 1 aliphatic rings. The highest BCUT2D eigenvalue weighted by atomic mass is 19.1. The van der Waals surface area contributed by atoms with Gasteiger partial charge in [0.15, 0.2) is 0 Å². The molecule has 0 unspecified atom stereocenters. The number of benzene rings is 2. The molecule has 1 aliphatic heterocycles. The van der Waals surface area contributed by atoms with Gasteiger partial charge in [-0.1, -0.05) is 19.9 Å². The number of aryl methyl sites for hydroxylation is 1. The fraction of sp³-hybridized carbons (Fsp3) is 0.280. The van der Waals surface area contributed by atoms with Crippen molar-refractivity contribution in [2.75, 3.05) is 11.9 Å². The van der Waals surface area contributed by atoms with Crippen molar-refractivity contribution in [3.63, 3.8) is 0 Å². The first-order chi connectivity index (χ1) is 15.8.